The van der Waals surface area contributed by atoms with Crippen LogP contribution in [0.3, 0.4) is 0 Å². The number of unbranched alkanes of at least 4 members (excludes halogenated alkanes) is 30. The molecule has 0 aliphatic rings. The number of carboxylic acids is 1. The van der Waals surface area contributed by atoms with E-state index in [1.807, 2.05) is 0 Å². The van der Waals surface area contributed by atoms with Gasteiger partial charge in [-0.25, -0.2) is 0 Å². The third kappa shape index (κ3) is 42.8. The second kappa shape index (κ2) is 43.8. The molecule has 0 saturated heterocycles. The summed E-state index contributed by atoms with van der Waals surface area (Å²) in [6.07, 6.45) is 56.8. The summed E-state index contributed by atoms with van der Waals surface area (Å²) in [4.78, 5) is 23.2. The molecule has 0 aliphatic carbocycles. The van der Waals surface area contributed by atoms with Crippen LogP contribution < -0.4 is 0 Å². The van der Waals surface area contributed by atoms with E-state index in [1.54, 1.807) is 0 Å². The Balaban J connectivity index is 3.72. The Morgan fingerprint density at radius 3 is 1.17 bits per heavy atom. The summed E-state index contributed by atoms with van der Waals surface area (Å²) in [6.45, 7) is 4.52. The maximum absolute atomic E-state index is 12.7. The maximum Gasteiger partial charge on any atom is 0.306 e. The van der Waals surface area contributed by atoms with Crippen LogP contribution in [-0.4, -0.2) is 23.1 Å². The van der Waals surface area contributed by atoms with Gasteiger partial charge in [-0.2, -0.15) is 0 Å². The molecule has 0 aromatic carbocycles. The minimum Gasteiger partial charge on any atom is -0.481 e. The zero-order valence-electron chi connectivity index (χ0n) is 35.1. The molecule has 0 bridgehead atoms. The van der Waals surface area contributed by atoms with Gasteiger partial charge in [-0.15, -0.1) is 0 Å². The molecule has 0 saturated carbocycles. The predicted molar refractivity (Wildman–Crippen MR) is 227 cm³/mol. The maximum atomic E-state index is 12.7. The van der Waals surface area contributed by atoms with Crippen LogP contribution in [0.4, 0.5) is 0 Å². The van der Waals surface area contributed by atoms with Gasteiger partial charge in [0.2, 0.25) is 0 Å². The zero-order chi connectivity index (χ0) is 37.8. The molecule has 1 N–H and O–H groups in total. The predicted octanol–water partition coefficient (Wildman–Crippen LogP) is 16.3. The van der Waals surface area contributed by atoms with E-state index in [-0.39, 0.29) is 12.1 Å². The highest BCUT2D eigenvalue weighted by atomic mass is 16.5. The number of carboxylic acid groups (broad SMARTS) is 1. The Labute approximate surface area is 325 Å². The highest BCUT2D eigenvalue weighted by Crippen LogP contribution is 2.19. The zero-order valence-corrected chi connectivity index (χ0v) is 35.1. The number of hydrogen-bond donors (Lipinski definition) is 1. The second-order valence-corrected chi connectivity index (χ2v) is 15.9. The third-order valence-corrected chi connectivity index (χ3v) is 10.7. The molecule has 1 unspecified atom stereocenters. The molecule has 0 rings (SSSR count). The molecular formula is C48H90O4. The number of ether oxygens (including phenoxy) is 1. The lowest BCUT2D eigenvalue weighted by Crippen LogP contribution is -2.18. The first-order valence-corrected chi connectivity index (χ1v) is 23.3. The first-order valence-electron chi connectivity index (χ1n) is 23.3. The third-order valence-electron chi connectivity index (χ3n) is 10.7. The number of hydrogen-bond acceptors (Lipinski definition) is 3. The molecule has 0 aromatic heterocycles. The summed E-state index contributed by atoms with van der Waals surface area (Å²) in [7, 11) is 0. The molecular weight excluding hydrogens is 641 g/mol. The van der Waals surface area contributed by atoms with E-state index in [4.69, 9.17) is 9.84 Å². The summed E-state index contributed by atoms with van der Waals surface area (Å²) in [5, 5.41) is 8.69. The van der Waals surface area contributed by atoms with Gasteiger partial charge in [0, 0.05) is 12.8 Å². The molecule has 0 aromatic rings. The van der Waals surface area contributed by atoms with Gasteiger partial charge in [0.05, 0.1) is 0 Å². The van der Waals surface area contributed by atoms with Crippen LogP contribution in [0.15, 0.2) is 24.3 Å². The van der Waals surface area contributed by atoms with Crippen molar-refractivity contribution >= 4 is 11.9 Å². The molecule has 4 nitrogen and oxygen atoms in total. The van der Waals surface area contributed by atoms with E-state index < -0.39 is 5.97 Å². The fraction of sp³-hybridized carbons (Fsp3) is 0.875. The van der Waals surface area contributed by atoms with Gasteiger partial charge < -0.3 is 9.84 Å². The molecule has 52 heavy (non-hydrogen) atoms. The topological polar surface area (TPSA) is 63.6 Å². The van der Waals surface area contributed by atoms with Crippen LogP contribution >= 0.6 is 0 Å². The SMILES string of the molecule is CCCCC/C=C\C/C=C\CCCCCCCCCCCCCC(=O)OC(CCCCCC)CCCCCCCCCCCCCCCCC(=O)O. The highest BCUT2D eigenvalue weighted by Gasteiger charge is 2.14. The number of carbonyl (C=O) groups excluding carboxylic acids is 1. The van der Waals surface area contributed by atoms with Crippen LogP contribution in [0.25, 0.3) is 0 Å². The Morgan fingerprint density at radius 1 is 0.423 bits per heavy atom. The van der Waals surface area contributed by atoms with Crippen molar-refractivity contribution < 1.29 is 19.4 Å². The fourth-order valence-corrected chi connectivity index (χ4v) is 7.22. The first-order chi connectivity index (χ1) is 25.6. The first kappa shape index (κ1) is 50.4. The molecule has 1 atom stereocenters. The lowest BCUT2D eigenvalue weighted by atomic mass is 10.0. The molecule has 0 fully saturated rings. The minimum absolute atomic E-state index is 0.0452. The number of esters is 1. The van der Waals surface area contributed by atoms with Gasteiger partial charge in [-0.05, 0) is 70.6 Å². The molecule has 0 heterocycles. The molecule has 306 valence electrons. The monoisotopic (exact) mass is 731 g/mol. The smallest absolute Gasteiger partial charge is 0.306 e. The number of rotatable bonds is 43. The van der Waals surface area contributed by atoms with E-state index in [0.29, 0.717) is 12.8 Å². The lowest BCUT2D eigenvalue weighted by Gasteiger charge is -2.18. The number of aliphatic carboxylic acids is 1. The molecule has 0 aliphatic heterocycles. The van der Waals surface area contributed by atoms with Crippen molar-refractivity contribution in [1.29, 1.82) is 0 Å². The second-order valence-electron chi connectivity index (χ2n) is 15.9. The van der Waals surface area contributed by atoms with Crippen LogP contribution in [0.1, 0.15) is 264 Å². The van der Waals surface area contributed by atoms with Gasteiger partial charge in [-0.1, -0.05) is 205 Å². The van der Waals surface area contributed by atoms with Gasteiger partial charge in [0.15, 0.2) is 0 Å². The average molecular weight is 731 g/mol. The van der Waals surface area contributed by atoms with E-state index in [9.17, 15) is 9.59 Å². The Kier molecular flexibility index (Phi) is 42.5. The van der Waals surface area contributed by atoms with Gasteiger partial charge in [-0.3, -0.25) is 9.59 Å². The highest BCUT2D eigenvalue weighted by molar-refractivity contribution is 5.69. The van der Waals surface area contributed by atoms with Crippen molar-refractivity contribution in [2.75, 3.05) is 0 Å². The minimum atomic E-state index is -0.664. The van der Waals surface area contributed by atoms with E-state index >= 15 is 0 Å². The average Bonchev–Trinajstić information content (AvgIpc) is 3.13. The molecule has 0 spiro atoms. The summed E-state index contributed by atoms with van der Waals surface area (Å²) < 4.78 is 6.03. The summed E-state index contributed by atoms with van der Waals surface area (Å²) in [5.74, 6) is -0.619. The Morgan fingerprint density at radius 2 is 0.750 bits per heavy atom. The number of carbonyl (C=O) groups is 2. The fourth-order valence-electron chi connectivity index (χ4n) is 7.22. The molecule has 0 radical (unpaired) electrons. The van der Waals surface area contributed by atoms with Gasteiger partial charge in [0.1, 0.15) is 6.10 Å². The largest absolute Gasteiger partial charge is 0.481 e. The summed E-state index contributed by atoms with van der Waals surface area (Å²) in [6, 6.07) is 0. The van der Waals surface area contributed by atoms with Crippen LogP contribution in [0.5, 0.6) is 0 Å². The molecule has 4 heteroatoms. The number of allylic oxidation sites excluding steroid dienone is 4. The normalized spacial score (nSPS) is 12.3. The lowest BCUT2D eigenvalue weighted by molar-refractivity contribution is -0.150. The van der Waals surface area contributed by atoms with Crippen molar-refractivity contribution in [2.45, 2.75) is 270 Å². The molecule has 0 amide bonds. The Hall–Kier alpha value is -1.58. The summed E-state index contributed by atoms with van der Waals surface area (Å²) in [5.41, 5.74) is 0. The van der Waals surface area contributed by atoms with E-state index in [1.165, 1.54) is 193 Å². The van der Waals surface area contributed by atoms with Gasteiger partial charge in [0.25, 0.3) is 0 Å². The van der Waals surface area contributed by atoms with Crippen molar-refractivity contribution in [3.8, 4) is 0 Å². The van der Waals surface area contributed by atoms with Crippen molar-refractivity contribution in [2.24, 2.45) is 0 Å². The van der Waals surface area contributed by atoms with Crippen LogP contribution in [-0.2, 0) is 14.3 Å². The van der Waals surface area contributed by atoms with Crippen molar-refractivity contribution in [3.63, 3.8) is 0 Å². The van der Waals surface area contributed by atoms with Crippen LogP contribution in [0.2, 0.25) is 0 Å². The van der Waals surface area contributed by atoms with E-state index in [2.05, 4.69) is 38.2 Å². The van der Waals surface area contributed by atoms with E-state index in [0.717, 1.165) is 44.9 Å². The summed E-state index contributed by atoms with van der Waals surface area (Å²) >= 11 is 0. The van der Waals surface area contributed by atoms with Gasteiger partial charge >= 0.3 is 11.9 Å². The van der Waals surface area contributed by atoms with Crippen molar-refractivity contribution in [1.82, 2.24) is 0 Å². The standard InChI is InChI=1S/C48H90O4/c1-3-5-7-9-10-11-12-13-14-15-16-17-18-19-20-25-28-31-34-37-41-45-48(51)52-46(42-38-8-6-4-2)43-39-35-32-29-26-23-21-22-24-27-30-33-36-40-44-47(49)50/h10-11,13-14,46H,3-9,12,15-45H2,1-2H3,(H,49,50)/b11-10-,14-13-. The van der Waals surface area contributed by atoms with Crippen LogP contribution in [0, 0.1) is 0 Å². The van der Waals surface area contributed by atoms with Crippen molar-refractivity contribution in [3.05, 3.63) is 24.3 Å². The Bertz CT molecular complexity index is 787. The quantitative estimate of drug-likeness (QED) is 0.0385.